The van der Waals surface area contributed by atoms with Crippen LogP contribution in [0.5, 0.6) is 0 Å². The minimum absolute atomic E-state index is 0.136. The average molecular weight is 303 g/mol. The van der Waals surface area contributed by atoms with E-state index in [4.69, 9.17) is 4.74 Å². The van der Waals surface area contributed by atoms with Gasteiger partial charge in [0.15, 0.2) is 0 Å². The number of carbonyl (C=O) groups is 1. The molecule has 7 nitrogen and oxygen atoms in total. The number of methoxy groups -OCH3 is 1. The summed E-state index contributed by atoms with van der Waals surface area (Å²) in [6, 6.07) is 2.09. The van der Waals surface area contributed by atoms with Crippen molar-refractivity contribution in [3.63, 3.8) is 0 Å². The zero-order chi connectivity index (χ0) is 15.5. The normalized spacial score (nSPS) is 18.6. The zero-order valence-corrected chi connectivity index (χ0v) is 13.0. The van der Waals surface area contributed by atoms with E-state index in [9.17, 15) is 4.79 Å². The Morgan fingerprint density at radius 2 is 2.36 bits per heavy atom. The first kappa shape index (κ1) is 14.7. The smallest absolute Gasteiger partial charge is 0.305 e. The maximum absolute atomic E-state index is 11.5. The van der Waals surface area contributed by atoms with Crippen molar-refractivity contribution >= 4 is 17.3 Å². The molecule has 0 bridgehead atoms. The number of piperidine rings is 1. The van der Waals surface area contributed by atoms with E-state index in [1.54, 1.807) is 10.8 Å². The summed E-state index contributed by atoms with van der Waals surface area (Å²) in [5.74, 6) is 0.186. The number of carbonyl (C=O) groups excluding carboxylic acids is 1. The largest absolute Gasteiger partial charge is 0.469 e. The van der Waals surface area contributed by atoms with Crippen LogP contribution in [0.2, 0.25) is 0 Å². The highest BCUT2D eigenvalue weighted by molar-refractivity contribution is 5.70. The lowest BCUT2D eigenvalue weighted by molar-refractivity contribution is -0.141. The number of hydrogen-bond acceptors (Lipinski definition) is 6. The molecule has 2 aromatic rings. The molecule has 0 N–H and O–H groups in total. The van der Waals surface area contributed by atoms with Crippen LogP contribution in [0.4, 0.5) is 5.69 Å². The van der Waals surface area contributed by atoms with E-state index < -0.39 is 0 Å². The van der Waals surface area contributed by atoms with Crippen LogP contribution in [0.3, 0.4) is 0 Å². The molecule has 3 rings (SSSR count). The van der Waals surface area contributed by atoms with Crippen molar-refractivity contribution in [2.75, 3.05) is 25.1 Å². The molecule has 1 unspecified atom stereocenters. The van der Waals surface area contributed by atoms with Gasteiger partial charge in [0.05, 0.1) is 18.5 Å². The van der Waals surface area contributed by atoms with Gasteiger partial charge >= 0.3 is 5.97 Å². The summed E-state index contributed by atoms with van der Waals surface area (Å²) in [6.07, 6.45) is 5.09. The summed E-state index contributed by atoms with van der Waals surface area (Å²) in [7, 11) is 1.44. The molecule has 3 heterocycles. The maximum Gasteiger partial charge on any atom is 0.305 e. The molecular weight excluding hydrogens is 282 g/mol. The molecule has 0 aromatic carbocycles. The van der Waals surface area contributed by atoms with Crippen LogP contribution in [0.1, 0.15) is 31.9 Å². The van der Waals surface area contributed by atoms with Gasteiger partial charge in [-0.25, -0.2) is 0 Å². The first-order chi connectivity index (χ1) is 10.7. The van der Waals surface area contributed by atoms with Crippen molar-refractivity contribution in [1.29, 1.82) is 0 Å². The van der Waals surface area contributed by atoms with Crippen LogP contribution in [0, 0.1) is 5.92 Å². The molecule has 0 spiro atoms. The van der Waals surface area contributed by atoms with Crippen molar-refractivity contribution in [3.05, 3.63) is 18.1 Å². The Morgan fingerprint density at radius 1 is 1.50 bits per heavy atom. The number of nitrogens with zero attached hydrogens (tertiary/aromatic N) is 5. The SMILES string of the molecule is CCc1cc(N2CCCC(CC(=O)OC)C2)c2nncn2n1. The Hall–Kier alpha value is -2.18. The maximum atomic E-state index is 11.5. The summed E-state index contributed by atoms with van der Waals surface area (Å²) >= 11 is 0. The van der Waals surface area contributed by atoms with Gasteiger partial charge in [0.1, 0.15) is 6.33 Å². The molecule has 1 aliphatic rings. The number of hydrogen-bond donors (Lipinski definition) is 0. The number of anilines is 1. The Labute approximate surface area is 129 Å². The standard InChI is InChI=1S/C15H21N5O2/c1-3-12-8-13(15-17-16-10-20(15)18-12)19-6-4-5-11(9-19)7-14(21)22-2/h8,10-11H,3-7,9H2,1-2H3. The van der Waals surface area contributed by atoms with Crippen molar-refractivity contribution in [2.24, 2.45) is 5.92 Å². The highest BCUT2D eigenvalue weighted by Crippen LogP contribution is 2.28. The van der Waals surface area contributed by atoms with Crippen LogP contribution in [0.25, 0.3) is 5.65 Å². The second-order valence-corrected chi connectivity index (χ2v) is 5.71. The second-order valence-electron chi connectivity index (χ2n) is 5.71. The summed E-state index contributed by atoms with van der Waals surface area (Å²) < 4.78 is 6.53. The topological polar surface area (TPSA) is 72.6 Å². The molecule has 118 valence electrons. The van der Waals surface area contributed by atoms with E-state index in [0.717, 1.165) is 49.4 Å². The fraction of sp³-hybridized carbons (Fsp3) is 0.600. The van der Waals surface area contributed by atoms with Crippen molar-refractivity contribution < 1.29 is 9.53 Å². The minimum atomic E-state index is -0.136. The predicted molar refractivity (Wildman–Crippen MR) is 81.7 cm³/mol. The summed E-state index contributed by atoms with van der Waals surface area (Å²) in [6.45, 7) is 3.89. The number of aromatic nitrogens is 4. The van der Waals surface area contributed by atoms with E-state index in [2.05, 4.69) is 33.2 Å². The van der Waals surface area contributed by atoms with E-state index in [1.165, 1.54) is 7.11 Å². The highest BCUT2D eigenvalue weighted by atomic mass is 16.5. The summed E-state index contributed by atoms with van der Waals surface area (Å²) in [4.78, 5) is 13.8. The van der Waals surface area contributed by atoms with Gasteiger partial charge in [-0.2, -0.15) is 9.61 Å². The molecule has 2 aromatic heterocycles. The molecule has 1 atom stereocenters. The molecule has 0 amide bonds. The van der Waals surface area contributed by atoms with Crippen molar-refractivity contribution in [2.45, 2.75) is 32.6 Å². The number of rotatable bonds is 4. The highest BCUT2D eigenvalue weighted by Gasteiger charge is 2.25. The second kappa shape index (κ2) is 6.29. The number of ether oxygens (including phenoxy) is 1. The number of fused-ring (bicyclic) bond motifs is 1. The summed E-state index contributed by atoms with van der Waals surface area (Å²) in [5, 5.41) is 12.6. The van der Waals surface area contributed by atoms with Crippen LogP contribution in [0.15, 0.2) is 12.4 Å². The summed E-state index contributed by atoms with van der Waals surface area (Å²) in [5.41, 5.74) is 2.84. The van der Waals surface area contributed by atoms with Gasteiger partial charge in [0.2, 0.25) is 5.65 Å². The van der Waals surface area contributed by atoms with Gasteiger partial charge in [-0.05, 0) is 31.2 Å². The van der Waals surface area contributed by atoms with Crippen LogP contribution < -0.4 is 4.90 Å². The molecule has 0 radical (unpaired) electrons. The lowest BCUT2D eigenvalue weighted by Gasteiger charge is -2.34. The van der Waals surface area contributed by atoms with Crippen LogP contribution in [-0.2, 0) is 16.0 Å². The first-order valence-electron chi connectivity index (χ1n) is 7.73. The van der Waals surface area contributed by atoms with Gasteiger partial charge < -0.3 is 9.64 Å². The fourth-order valence-corrected chi connectivity index (χ4v) is 3.04. The quantitative estimate of drug-likeness (QED) is 0.796. The van der Waals surface area contributed by atoms with Gasteiger partial charge in [-0.15, -0.1) is 10.2 Å². The minimum Gasteiger partial charge on any atom is -0.469 e. The van der Waals surface area contributed by atoms with Crippen LogP contribution in [-0.4, -0.2) is 46.0 Å². The van der Waals surface area contributed by atoms with Crippen molar-refractivity contribution in [1.82, 2.24) is 19.8 Å². The third-order valence-electron chi connectivity index (χ3n) is 4.20. The van der Waals surface area contributed by atoms with E-state index in [1.807, 2.05) is 0 Å². The first-order valence-corrected chi connectivity index (χ1v) is 7.73. The third kappa shape index (κ3) is 2.88. The van der Waals surface area contributed by atoms with E-state index >= 15 is 0 Å². The number of aryl methyl sites for hydroxylation is 1. The molecule has 1 fully saturated rings. The molecule has 1 aliphatic heterocycles. The van der Waals surface area contributed by atoms with E-state index in [-0.39, 0.29) is 5.97 Å². The zero-order valence-electron chi connectivity index (χ0n) is 13.0. The lowest BCUT2D eigenvalue weighted by atomic mass is 9.94. The third-order valence-corrected chi connectivity index (χ3v) is 4.20. The van der Waals surface area contributed by atoms with E-state index in [0.29, 0.717) is 12.3 Å². The molecule has 0 aliphatic carbocycles. The average Bonchev–Trinajstić information content (AvgIpc) is 3.02. The van der Waals surface area contributed by atoms with Gasteiger partial charge in [0, 0.05) is 19.5 Å². The Morgan fingerprint density at radius 3 is 3.14 bits per heavy atom. The molecule has 0 saturated carbocycles. The Bertz CT molecular complexity index is 669. The van der Waals surface area contributed by atoms with Gasteiger partial charge in [0.25, 0.3) is 0 Å². The molecule has 22 heavy (non-hydrogen) atoms. The molecule has 1 saturated heterocycles. The van der Waals surface area contributed by atoms with Crippen LogP contribution >= 0.6 is 0 Å². The predicted octanol–water partition coefficient (Wildman–Crippen LogP) is 1.47. The Kier molecular flexibility index (Phi) is 4.22. The monoisotopic (exact) mass is 303 g/mol. The van der Waals surface area contributed by atoms with Crippen molar-refractivity contribution in [3.8, 4) is 0 Å². The number of esters is 1. The molecule has 7 heteroatoms. The molecular formula is C15H21N5O2. The lowest BCUT2D eigenvalue weighted by Crippen LogP contribution is -2.36. The fourth-order valence-electron chi connectivity index (χ4n) is 3.04. The van der Waals surface area contributed by atoms with Gasteiger partial charge in [-0.3, -0.25) is 4.79 Å². The van der Waals surface area contributed by atoms with Gasteiger partial charge in [-0.1, -0.05) is 6.92 Å². The Balaban J connectivity index is 1.86.